The fourth-order valence-electron chi connectivity index (χ4n) is 2.12. The van der Waals surface area contributed by atoms with Crippen LogP contribution < -0.4 is 4.90 Å². The summed E-state index contributed by atoms with van der Waals surface area (Å²) < 4.78 is 29.0. The van der Waals surface area contributed by atoms with Crippen molar-refractivity contribution in [3.05, 3.63) is 28.3 Å². The molecule has 21 heavy (non-hydrogen) atoms. The smallest absolute Gasteiger partial charge is 0.270 e. The molecule has 0 aliphatic carbocycles. The van der Waals surface area contributed by atoms with Crippen LogP contribution in [-0.2, 0) is 14.6 Å². The largest absolute Gasteiger partial charge is 0.364 e. The van der Waals surface area contributed by atoms with Crippen LogP contribution in [0.3, 0.4) is 0 Å². The molecule has 0 amide bonds. The summed E-state index contributed by atoms with van der Waals surface area (Å²) in [6, 6.07) is 5.66. The predicted molar refractivity (Wildman–Crippen MR) is 73.8 cm³/mol. The van der Waals surface area contributed by atoms with Gasteiger partial charge < -0.3 is 9.64 Å². The van der Waals surface area contributed by atoms with E-state index in [-0.39, 0.29) is 17.1 Å². The van der Waals surface area contributed by atoms with Gasteiger partial charge in [-0.1, -0.05) is 0 Å². The second-order valence-electron chi connectivity index (χ2n) is 4.62. The van der Waals surface area contributed by atoms with Crippen molar-refractivity contribution in [1.29, 1.82) is 5.26 Å². The number of hydrogen-bond donors (Lipinski definition) is 0. The molecule has 2 rings (SSSR count). The van der Waals surface area contributed by atoms with E-state index in [4.69, 9.17) is 10.00 Å². The number of rotatable bonds is 3. The van der Waals surface area contributed by atoms with Crippen LogP contribution in [0.5, 0.6) is 0 Å². The molecule has 1 heterocycles. The highest BCUT2D eigenvalue weighted by atomic mass is 32.2. The van der Waals surface area contributed by atoms with Gasteiger partial charge in [0.1, 0.15) is 0 Å². The molecule has 1 saturated heterocycles. The molecule has 0 radical (unpaired) electrons. The first-order valence-corrected chi connectivity index (χ1v) is 7.96. The molecule has 0 saturated carbocycles. The summed E-state index contributed by atoms with van der Waals surface area (Å²) in [4.78, 5) is 11.7. The lowest BCUT2D eigenvalue weighted by Gasteiger charge is -2.32. The second-order valence-corrected chi connectivity index (χ2v) is 6.60. The lowest BCUT2D eigenvalue weighted by Crippen LogP contribution is -2.42. The summed E-state index contributed by atoms with van der Waals surface area (Å²) in [7, 11) is -3.63. The van der Waals surface area contributed by atoms with E-state index < -0.39 is 20.9 Å². The highest BCUT2D eigenvalue weighted by Gasteiger charge is 2.26. The Labute approximate surface area is 121 Å². The third-order valence-corrected chi connectivity index (χ3v) is 4.23. The Morgan fingerprint density at radius 2 is 2.24 bits per heavy atom. The van der Waals surface area contributed by atoms with Crippen molar-refractivity contribution in [2.45, 2.75) is 11.0 Å². The zero-order valence-corrected chi connectivity index (χ0v) is 12.0. The molecule has 1 aliphatic heterocycles. The van der Waals surface area contributed by atoms with Crippen LogP contribution in [0.2, 0.25) is 0 Å². The maximum atomic E-state index is 11.9. The van der Waals surface area contributed by atoms with Gasteiger partial charge in [0.15, 0.2) is 15.9 Å². The molecule has 8 nitrogen and oxygen atoms in total. The Balaban J connectivity index is 2.48. The number of nitro groups is 1. The van der Waals surface area contributed by atoms with Crippen molar-refractivity contribution in [1.82, 2.24) is 0 Å². The van der Waals surface area contributed by atoms with Gasteiger partial charge >= 0.3 is 0 Å². The summed E-state index contributed by atoms with van der Waals surface area (Å²) in [6.45, 7) is 0.924. The number of nitro benzene ring substituents is 1. The van der Waals surface area contributed by atoms with Crippen molar-refractivity contribution in [3.8, 4) is 6.07 Å². The zero-order valence-electron chi connectivity index (χ0n) is 11.2. The van der Waals surface area contributed by atoms with Crippen LogP contribution in [0, 0.1) is 21.4 Å². The summed E-state index contributed by atoms with van der Waals surface area (Å²) in [5.74, 6) is 0. The molecule has 1 atom stereocenters. The summed E-state index contributed by atoms with van der Waals surface area (Å²) in [5.41, 5.74) is 0.0657. The number of nitriles is 1. The minimum Gasteiger partial charge on any atom is -0.364 e. The quantitative estimate of drug-likeness (QED) is 0.597. The Hall–Kier alpha value is -2.18. The molecule has 1 aliphatic rings. The second kappa shape index (κ2) is 5.67. The van der Waals surface area contributed by atoms with Crippen molar-refractivity contribution >= 4 is 21.2 Å². The van der Waals surface area contributed by atoms with Crippen LogP contribution >= 0.6 is 0 Å². The van der Waals surface area contributed by atoms with E-state index in [2.05, 4.69) is 0 Å². The number of sulfone groups is 1. The number of benzene rings is 1. The van der Waals surface area contributed by atoms with Gasteiger partial charge in [-0.05, 0) is 6.07 Å². The maximum absolute atomic E-state index is 11.9. The van der Waals surface area contributed by atoms with E-state index in [0.29, 0.717) is 18.8 Å². The van der Waals surface area contributed by atoms with Gasteiger partial charge in [0, 0.05) is 24.9 Å². The minimum atomic E-state index is -3.63. The van der Waals surface area contributed by atoms with E-state index in [0.717, 1.165) is 12.3 Å². The van der Waals surface area contributed by atoms with E-state index in [1.165, 1.54) is 12.1 Å². The van der Waals surface area contributed by atoms with Crippen LogP contribution in [0.1, 0.15) is 0 Å². The van der Waals surface area contributed by atoms with E-state index in [1.807, 2.05) is 6.07 Å². The maximum Gasteiger partial charge on any atom is 0.270 e. The van der Waals surface area contributed by atoms with Gasteiger partial charge in [-0.15, -0.1) is 0 Å². The first-order chi connectivity index (χ1) is 9.82. The monoisotopic (exact) mass is 311 g/mol. The van der Waals surface area contributed by atoms with Crippen LogP contribution in [0.25, 0.3) is 0 Å². The lowest BCUT2D eigenvalue weighted by atomic mass is 10.2. The van der Waals surface area contributed by atoms with Crippen molar-refractivity contribution < 1.29 is 18.1 Å². The number of nitrogens with zero attached hydrogens (tertiary/aromatic N) is 3. The first kappa shape index (κ1) is 15.2. The fourth-order valence-corrected chi connectivity index (χ4v) is 3.03. The van der Waals surface area contributed by atoms with Gasteiger partial charge in [-0.2, -0.15) is 5.26 Å². The van der Waals surface area contributed by atoms with Crippen LogP contribution in [-0.4, -0.2) is 45.4 Å². The third-order valence-electron chi connectivity index (χ3n) is 3.10. The van der Waals surface area contributed by atoms with Gasteiger partial charge in [0.25, 0.3) is 5.69 Å². The normalized spacial score (nSPS) is 19.0. The number of non-ortho nitro benzene ring substituents is 1. The fraction of sp³-hybridized carbons (Fsp3) is 0.417. The molecule has 1 aromatic rings. The minimum absolute atomic E-state index is 0.115. The SMILES string of the molecule is CS(=O)(=O)c1cc([N+](=O)[O-])ccc1N1CCOC(C#N)C1. The topological polar surface area (TPSA) is 114 Å². The molecular weight excluding hydrogens is 298 g/mol. The number of hydrogen-bond acceptors (Lipinski definition) is 7. The zero-order chi connectivity index (χ0) is 15.6. The van der Waals surface area contributed by atoms with Gasteiger partial charge in [-0.3, -0.25) is 10.1 Å². The standard InChI is InChI=1S/C12H13N3O5S/c1-21(18,19)12-6-9(15(16)17)2-3-11(12)14-4-5-20-10(7-13)8-14/h2-3,6,10H,4-5,8H2,1H3. The summed E-state index contributed by atoms with van der Waals surface area (Å²) in [6.07, 6.45) is 0.346. The number of ether oxygens (including phenoxy) is 1. The average molecular weight is 311 g/mol. The highest BCUT2D eigenvalue weighted by Crippen LogP contribution is 2.30. The Bertz CT molecular complexity index is 710. The number of morpholine rings is 1. The highest BCUT2D eigenvalue weighted by molar-refractivity contribution is 7.90. The van der Waals surface area contributed by atoms with Gasteiger partial charge in [-0.25, -0.2) is 8.42 Å². The van der Waals surface area contributed by atoms with Gasteiger partial charge in [0.05, 0.1) is 34.7 Å². The first-order valence-electron chi connectivity index (χ1n) is 6.07. The molecular formula is C12H13N3O5S. The molecule has 0 spiro atoms. The molecule has 9 heteroatoms. The van der Waals surface area contributed by atoms with Crippen LogP contribution in [0.4, 0.5) is 11.4 Å². The van der Waals surface area contributed by atoms with Crippen molar-refractivity contribution in [3.63, 3.8) is 0 Å². The van der Waals surface area contributed by atoms with Crippen molar-refractivity contribution in [2.24, 2.45) is 0 Å². The molecule has 0 bridgehead atoms. The number of anilines is 1. The van der Waals surface area contributed by atoms with E-state index in [9.17, 15) is 18.5 Å². The lowest BCUT2D eigenvalue weighted by molar-refractivity contribution is -0.385. The van der Waals surface area contributed by atoms with Crippen LogP contribution in [0.15, 0.2) is 23.1 Å². The molecule has 0 N–H and O–H groups in total. The summed E-state index contributed by atoms with van der Waals surface area (Å²) in [5, 5.41) is 19.7. The molecule has 1 unspecified atom stereocenters. The Morgan fingerprint density at radius 3 is 2.81 bits per heavy atom. The molecule has 0 aromatic heterocycles. The van der Waals surface area contributed by atoms with Gasteiger partial charge in [0.2, 0.25) is 0 Å². The molecule has 112 valence electrons. The molecule has 1 fully saturated rings. The summed E-state index contributed by atoms with van der Waals surface area (Å²) >= 11 is 0. The predicted octanol–water partition coefficient (Wildman–Crippen LogP) is 0.727. The molecule has 1 aromatic carbocycles. The Morgan fingerprint density at radius 1 is 1.52 bits per heavy atom. The van der Waals surface area contributed by atoms with E-state index in [1.54, 1.807) is 4.90 Å². The average Bonchev–Trinajstić information content (AvgIpc) is 2.45. The van der Waals surface area contributed by atoms with E-state index >= 15 is 0 Å². The Kier molecular flexibility index (Phi) is 4.11. The third kappa shape index (κ3) is 3.29. The van der Waals surface area contributed by atoms with Crippen molar-refractivity contribution in [2.75, 3.05) is 30.9 Å².